The zero-order valence-electron chi connectivity index (χ0n) is 12.7. The van der Waals surface area contributed by atoms with Crippen LogP contribution in [0.4, 0.5) is 0 Å². The van der Waals surface area contributed by atoms with Gasteiger partial charge in [0.25, 0.3) is 0 Å². The van der Waals surface area contributed by atoms with E-state index in [0.29, 0.717) is 25.2 Å². The van der Waals surface area contributed by atoms with Crippen molar-refractivity contribution in [2.24, 2.45) is 16.6 Å². The monoisotopic (exact) mass is 257 g/mol. The molecule has 0 aromatic heterocycles. The van der Waals surface area contributed by atoms with Gasteiger partial charge in [0.05, 0.1) is 19.3 Å². The third kappa shape index (κ3) is 11.7. The van der Waals surface area contributed by atoms with Crippen molar-refractivity contribution in [1.29, 1.82) is 0 Å². The molecule has 0 saturated carbocycles. The first-order valence-corrected chi connectivity index (χ1v) is 7.09. The van der Waals surface area contributed by atoms with E-state index in [-0.39, 0.29) is 6.10 Å². The predicted molar refractivity (Wildman–Crippen MR) is 78.9 cm³/mol. The summed E-state index contributed by atoms with van der Waals surface area (Å²) in [5.74, 6) is 1.30. The van der Waals surface area contributed by atoms with Crippen molar-refractivity contribution in [3.8, 4) is 0 Å². The Morgan fingerprint density at radius 2 is 1.83 bits per heavy atom. The second-order valence-corrected chi connectivity index (χ2v) is 5.56. The molecule has 0 aliphatic rings. The van der Waals surface area contributed by atoms with Gasteiger partial charge in [-0.1, -0.05) is 26.7 Å². The number of nitrogens with one attached hydrogen (secondary N) is 1. The highest BCUT2D eigenvalue weighted by molar-refractivity contribution is 5.78. The van der Waals surface area contributed by atoms with Gasteiger partial charge in [-0.05, 0) is 33.1 Å². The van der Waals surface area contributed by atoms with E-state index in [1.54, 1.807) is 0 Å². The minimum Gasteiger partial charge on any atom is -0.377 e. The molecule has 0 spiro atoms. The maximum atomic E-state index is 5.81. The Balaban J connectivity index is 3.64. The second-order valence-electron chi connectivity index (χ2n) is 5.56. The van der Waals surface area contributed by atoms with E-state index in [9.17, 15) is 0 Å². The molecular weight excluding hydrogens is 226 g/mol. The molecule has 0 heterocycles. The van der Waals surface area contributed by atoms with Crippen molar-refractivity contribution in [1.82, 2.24) is 5.32 Å². The van der Waals surface area contributed by atoms with E-state index >= 15 is 0 Å². The summed E-state index contributed by atoms with van der Waals surface area (Å²) in [5.41, 5.74) is 5.81. The Morgan fingerprint density at radius 3 is 2.39 bits per heavy atom. The summed E-state index contributed by atoms with van der Waals surface area (Å²) < 4.78 is 5.40. The maximum absolute atomic E-state index is 5.81. The molecule has 0 saturated heterocycles. The predicted octanol–water partition coefficient (Wildman–Crippen LogP) is 2.53. The summed E-state index contributed by atoms with van der Waals surface area (Å²) in [6.07, 6.45) is 3.89. The lowest BCUT2D eigenvalue weighted by molar-refractivity contribution is 0.0853. The van der Waals surface area contributed by atoms with Crippen LogP contribution in [0.15, 0.2) is 4.99 Å². The van der Waals surface area contributed by atoms with Crippen LogP contribution in [0.25, 0.3) is 0 Å². The van der Waals surface area contributed by atoms with Gasteiger partial charge in [-0.3, -0.25) is 4.99 Å². The molecule has 4 nitrogen and oxygen atoms in total. The summed E-state index contributed by atoms with van der Waals surface area (Å²) in [4.78, 5) is 4.24. The number of nitrogens with two attached hydrogens (primary N) is 1. The lowest BCUT2D eigenvalue weighted by Gasteiger charge is -2.15. The van der Waals surface area contributed by atoms with Gasteiger partial charge in [0.2, 0.25) is 0 Å². The number of aliphatic imine (C=N–C) groups is 1. The van der Waals surface area contributed by atoms with Crippen molar-refractivity contribution in [2.45, 2.75) is 66.0 Å². The number of hydrogen-bond donors (Lipinski definition) is 2. The van der Waals surface area contributed by atoms with Crippen LogP contribution in [0.2, 0.25) is 0 Å². The van der Waals surface area contributed by atoms with Gasteiger partial charge in [0.1, 0.15) is 0 Å². The third-order valence-corrected chi connectivity index (χ3v) is 2.64. The highest BCUT2D eigenvalue weighted by Crippen LogP contribution is 2.07. The molecule has 0 amide bonds. The molecular formula is C14H31N3O. The van der Waals surface area contributed by atoms with Crippen molar-refractivity contribution in [2.75, 3.05) is 13.2 Å². The van der Waals surface area contributed by atoms with Crippen molar-refractivity contribution >= 4 is 5.96 Å². The van der Waals surface area contributed by atoms with Gasteiger partial charge >= 0.3 is 0 Å². The summed E-state index contributed by atoms with van der Waals surface area (Å²) in [6.45, 7) is 11.9. The first kappa shape index (κ1) is 17.2. The minimum absolute atomic E-state index is 0.254. The molecule has 0 radical (unpaired) electrons. The van der Waals surface area contributed by atoms with Gasteiger partial charge in [0.15, 0.2) is 5.96 Å². The molecule has 0 aromatic carbocycles. The molecule has 0 fully saturated rings. The lowest BCUT2D eigenvalue weighted by atomic mass is 10.0. The molecule has 1 atom stereocenters. The Hall–Kier alpha value is -0.770. The molecule has 3 N–H and O–H groups in total. The largest absolute Gasteiger partial charge is 0.377 e. The van der Waals surface area contributed by atoms with Gasteiger partial charge in [-0.25, -0.2) is 0 Å². The Morgan fingerprint density at radius 1 is 1.17 bits per heavy atom. The van der Waals surface area contributed by atoms with Gasteiger partial charge in [-0.2, -0.15) is 0 Å². The summed E-state index contributed by atoms with van der Waals surface area (Å²) in [6, 6.07) is 0.388. The topological polar surface area (TPSA) is 59.6 Å². The van der Waals surface area contributed by atoms with Gasteiger partial charge in [-0.15, -0.1) is 0 Å². The lowest BCUT2D eigenvalue weighted by Crippen LogP contribution is -2.38. The summed E-state index contributed by atoms with van der Waals surface area (Å²) >= 11 is 0. The van der Waals surface area contributed by atoms with Crippen LogP contribution in [-0.2, 0) is 4.74 Å². The van der Waals surface area contributed by atoms with E-state index in [1.165, 1.54) is 12.8 Å². The van der Waals surface area contributed by atoms with Crippen LogP contribution in [0, 0.1) is 5.92 Å². The van der Waals surface area contributed by atoms with Gasteiger partial charge < -0.3 is 15.8 Å². The van der Waals surface area contributed by atoms with Crippen LogP contribution < -0.4 is 11.1 Å². The SMILES string of the molecule is CC(C)CCCC(C)NC(N)=NCCOC(C)C. The molecule has 0 bridgehead atoms. The quantitative estimate of drug-likeness (QED) is 0.379. The average Bonchev–Trinajstić information content (AvgIpc) is 2.23. The number of hydrogen-bond acceptors (Lipinski definition) is 2. The molecule has 4 heteroatoms. The minimum atomic E-state index is 0.254. The molecule has 18 heavy (non-hydrogen) atoms. The Kier molecular flexibility index (Phi) is 9.74. The van der Waals surface area contributed by atoms with Crippen molar-refractivity contribution < 1.29 is 4.74 Å². The maximum Gasteiger partial charge on any atom is 0.188 e. The Bertz CT molecular complexity index is 227. The average molecular weight is 257 g/mol. The van der Waals surface area contributed by atoms with Gasteiger partial charge in [0, 0.05) is 6.04 Å². The number of rotatable bonds is 9. The zero-order valence-corrected chi connectivity index (χ0v) is 12.7. The molecule has 0 aromatic rings. The van der Waals surface area contributed by atoms with E-state index in [2.05, 4.69) is 31.1 Å². The smallest absolute Gasteiger partial charge is 0.188 e. The molecule has 0 aliphatic heterocycles. The Labute approximate surface area is 112 Å². The first-order valence-electron chi connectivity index (χ1n) is 7.09. The second kappa shape index (κ2) is 10.2. The zero-order chi connectivity index (χ0) is 14.0. The number of guanidine groups is 1. The van der Waals surface area contributed by atoms with Crippen LogP contribution in [0.5, 0.6) is 0 Å². The highest BCUT2D eigenvalue weighted by Gasteiger charge is 2.03. The highest BCUT2D eigenvalue weighted by atomic mass is 16.5. The fourth-order valence-corrected chi connectivity index (χ4v) is 1.66. The number of ether oxygens (including phenoxy) is 1. The van der Waals surface area contributed by atoms with E-state index < -0.39 is 0 Å². The molecule has 0 aliphatic carbocycles. The fourth-order valence-electron chi connectivity index (χ4n) is 1.66. The van der Waals surface area contributed by atoms with Crippen LogP contribution in [-0.4, -0.2) is 31.3 Å². The molecule has 1 unspecified atom stereocenters. The van der Waals surface area contributed by atoms with Crippen LogP contribution >= 0.6 is 0 Å². The van der Waals surface area contributed by atoms with E-state index in [4.69, 9.17) is 10.5 Å². The fraction of sp³-hybridized carbons (Fsp3) is 0.929. The van der Waals surface area contributed by atoms with Crippen LogP contribution in [0.3, 0.4) is 0 Å². The van der Waals surface area contributed by atoms with E-state index in [0.717, 1.165) is 12.3 Å². The summed E-state index contributed by atoms with van der Waals surface area (Å²) in [5, 5.41) is 3.21. The molecule has 108 valence electrons. The standard InChI is InChI=1S/C14H31N3O/c1-11(2)7-6-8-13(5)17-14(15)16-9-10-18-12(3)4/h11-13H,6-10H2,1-5H3,(H3,15,16,17). The first-order chi connectivity index (χ1) is 8.41. The molecule has 0 rings (SSSR count). The number of nitrogens with zero attached hydrogens (tertiary/aromatic N) is 1. The van der Waals surface area contributed by atoms with Crippen molar-refractivity contribution in [3.05, 3.63) is 0 Å². The van der Waals surface area contributed by atoms with Crippen LogP contribution in [0.1, 0.15) is 53.9 Å². The van der Waals surface area contributed by atoms with Crippen molar-refractivity contribution in [3.63, 3.8) is 0 Å². The summed E-state index contributed by atoms with van der Waals surface area (Å²) in [7, 11) is 0. The normalized spacial score (nSPS) is 14.3. The van der Waals surface area contributed by atoms with E-state index in [1.807, 2.05) is 13.8 Å². The third-order valence-electron chi connectivity index (χ3n) is 2.64.